The van der Waals surface area contributed by atoms with Crippen molar-refractivity contribution in [3.8, 4) is 0 Å². The van der Waals surface area contributed by atoms with E-state index < -0.39 is 16.7 Å². The van der Waals surface area contributed by atoms with Crippen LogP contribution in [0.1, 0.15) is 31.5 Å². The second-order valence-corrected chi connectivity index (χ2v) is 8.31. The van der Waals surface area contributed by atoms with Gasteiger partial charge in [-0.15, -0.1) is 12.4 Å². The molecule has 0 radical (unpaired) electrons. The van der Waals surface area contributed by atoms with Crippen LogP contribution < -0.4 is 26.6 Å². The number of hydrogen-bond donors (Lipinski definition) is 5. The summed E-state index contributed by atoms with van der Waals surface area (Å²) in [4.78, 5) is 52.4. The molecule has 0 unspecified atom stereocenters. The summed E-state index contributed by atoms with van der Waals surface area (Å²) >= 11 is 0. The zero-order valence-corrected chi connectivity index (χ0v) is 22.9. The first-order valence-corrected chi connectivity index (χ1v) is 11.5. The van der Waals surface area contributed by atoms with Crippen molar-refractivity contribution < 1.29 is 19.3 Å². The van der Waals surface area contributed by atoms with Gasteiger partial charge in [0.05, 0.1) is 22.5 Å². The number of amides is 3. The van der Waals surface area contributed by atoms with Gasteiger partial charge in [-0.2, -0.15) is 0 Å². The molecule has 0 spiro atoms. The standard InChI is InChI=1S/C23H30N10O5.ClH/c1-24-23(25-2)27-7-6-26-20(34)17-8-14(11-30(17)3)28-21(35)18-9-15(12-31(18)4)29-22(36)19-10-16(33(37)38)13-32(19)5;/h8-13H,6-7H2,1-5H3,(H,26,34)(H,28,35)(H,29,36)(H2,24,25,27);1H. The van der Waals surface area contributed by atoms with Gasteiger partial charge in [-0.25, -0.2) is 0 Å². The Labute approximate surface area is 230 Å². The van der Waals surface area contributed by atoms with E-state index in [4.69, 9.17) is 0 Å². The topological polar surface area (TPSA) is 182 Å². The highest BCUT2D eigenvalue weighted by Crippen LogP contribution is 2.20. The fraction of sp³-hybridized carbons (Fsp3) is 0.304. The number of rotatable bonds is 9. The molecule has 3 amide bonds. The maximum Gasteiger partial charge on any atom is 0.287 e. The average Bonchev–Trinajstić information content (AvgIpc) is 3.55. The van der Waals surface area contributed by atoms with Crippen molar-refractivity contribution in [3.05, 3.63) is 64.0 Å². The molecule has 3 heterocycles. The molecule has 0 aliphatic heterocycles. The second-order valence-electron chi connectivity index (χ2n) is 8.31. The smallest absolute Gasteiger partial charge is 0.287 e. The van der Waals surface area contributed by atoms with Gasteiger partial charge < -0.3 is 40.3 Å². The molecule has 0 fully saturated rings. The summed E-state index contributed by atoms with van der Waals surface area (Å²) in [6.45, 7) is 0.834. The third-order valence-electron chi connectivity index (χ3n) is 5.59. The van der Waals surface area contributed by atoms with Gasteiger partial charge in [-0.1, -0.05) is 0 Å². The largest absolute Gasteiger partial charge is 0.359 e. The molecule has 3 aromatic heterocycles. The van der Waals surface area contributed by atoms with E-state index in [1.54, 1.807) is 51.2 Å². The Morgan fingerprint density at radius 3 is 1.74 bits per heavy atom. The lowest BCUT2D eigenvalue weighted by atomic mass is 10.3. The number of carbonyl (C=O) groups excluding carboxylic acids is 3. The quantitative estimate of drug-likeness (QED) is 0.0849. The van der Waals surface area contributed by atoms with Gasteiger partial charge in [0.15, 0.2) is 5.96 Å². The van der Waals surface area contributed by atoms with Gasteiger partial charge >= 0.3 is 0 Å². The first kappa shape index (κ1) is 30.4. The molecular weight excluding hydrogens is 532 g/mol. The second kappa shape index (κ2) is 13.1. The summed E-state index contributed by atoms with van der Waals surface area (Å²) in [6.07, 6.45) is 4.40. The van der Waals surface area contributed by atoms with Gasteiger partial charge in [0.1, 0.15) is 17.1 Å². The number of aromatic nitrogens is 3. The van der Waals surface area contributed by atoms with Crippen molar-refractivity contribution in [2.75, 3.05) is 37.8 Å². The van der Waals surface area contributed by atoms with Gasteiger partial charge in [0.2, 0.25) is 0 Å². The van der Waals surface area contributed by atoms with Crippen molar-refractivity contribution in [1.82, 2.24) is 29.7 Å². The van der Waals surface area contributed by atoms with Gasteiger partial charge in [0, 0.05) is 66.8 Å². The minimum Gasteiger partial charge on any atom is -0.359 e. The summed E-state index contributed by atoms with van der Waals surface area (Å²) in [5.41, 5.74) is 1.25. The van der Waals surface area contributed by atoms with Crippen molar-refractivity contribution in [2.45, 2.75) is 0 Å². The van der Waals surface area contributed by atoms with Crippen molar-refractivity contribution in [1.29, 1.82) is 0 Å². The number of halogens is 1. The lowest BCUT2D eigenvalue weighted by molar-refractivity contribution is -0.384. The van der Waals surface area contributed by atoms with E-state index >= 15 is 0 Å². The molecule has 5 N–H and O–H groups in total. The molecule has 0 aromatic carbocycles. The first-order chi connectivity index (χ1) is 18.0. The van der Waals surface area contributed by atoms with Crippen LogP contribution in [0.3, 0.4) is 0 Å². The number of guanidine groups is 1. The van der Waals surface area contributed by atoms with Crippen LogP contribution in [0.2, 0.25) is 0 Å². The monoisotopic (exact) mass is 562 g/mol. The summed E-state index contributed by atoms with van der Waals surface area (Å²) in [6, 6.07) is 4.21. The van der Waals surface area contributed by atoms with E-state index in [0.29, 0.717) is 36.1 Å². The molecule has 16 heteroatoms. The van der Waals surface area contributed by atoms with Crippen LogP contribution in [0.15, 0.2) is 41.8 Å². The van der Waals surface area contributed by atoms with Crippen LogP contribution >= 0.6 is 12.4 Å². The molecule has 3 rings (SSSR count). The number of aliphatic imine (C=N–C) groups is 1. The third-order valence-corrected chi connectivity index (χ3v) is 5.59. The van der Waals surface area contributed by atoms with Crippen LogP contribution in [-0.2, 0) is 21.1 Å². The van der Waals surface area contributed by atoms with Crippen LogP contribution in [-0.4, -0.2) is 69.5 Å². The molecule has 39 heavy (non-hydrogen) atoms. The number of nitrogens with one attached hydrogen (secondary N) is 5. The minimum atomic E-state index is -0.583. The molecule has 15 nitrogen and oxygen atoms in total. The van der Waals surface area contributed by atoms with Crippen LogP contribution in [0.25, 0.3) is 0 Å². The van der Waals surface area contributed by atoms with E-state index in [1.807, 2.05) is 0 Å². The predicted molar refractivity (Wildman–Crippen MR) is 149 cm³/mol. The van der Waals surface area contributed by atoms with E-state index in [1.165, 1.54) is 34.5 Å². The first-order valence-electron chi connectivity index (χ1n) is 11.5. The maximum absolute atomic E-state index is 12.9. The molecule has 0 atom stereocenters. The number of carbonyl (C=O) groups is 3. The maximum atomic E-state index is 12.9. The zero-order chi connectivity index (χ0) is 28.0. The van der Waals surface area contributed by atoms with Crippen molar-refractivity contribution >= 4 is 53.2 Å². The normalized spacial score (nSPS) is 10.8. The molecule has 0 saturated carbocycles. The van der Waals surface area contributed by atoms with Gasteiger partial charge in [0.25, 0.3) is 23.4 Å². The summed E-state index contributed by atoms with van der Waals surface area (Å²) in [5, 5.41) is 25.1. The zero-order valence-electron chi connectivity index (χ0n) is 22.1. The molecule has 0 bridgehead atoms. The lowest BCUT2D eigenvalue weighted by Gasteiger charge is -2.09. The van der Waals surface area contributed by atoms with Gasteiger partial charge in [-0.05, 0) is 12.1 Å². The van der Waals surface area contributed by atoms with Crippen LogP contribution in [0.4, 0.5) is 17.1 Å². The fourth-order valence-corrected chi connectivity index (χ4v) is 3.71. The Morgan fingerprint density at radius 1 is 0.821 bits per heavy atom. The summed E-state index contributed by atoms with van der Waals surface area (Å²) < 4.78 is 4.48. The number of nitro groups is 1. The van der Waals surface area contributed by atoms with Crippen molar-refractivity contribution in [2.24, 2.45) is 26.1 Å². The van der Waals surface area contributed by atoms with Crippen LogP contribution in [0.5, 0.6) is 0 Å². The Morgan fingerprint density at radius 2 is 1.28 bits per heavy atom. The lowest BCUT2D eigenvalue weighted by Crippen LogP contribution is -2.40. The number of anilines is 2. The summed E-state index contributed by atoms with van der Waals surface area (Å²) in [5.74, 6) is -0.714. The highest BCUT2D eigenvalue weighted by atomic mass is 35.5. The van der Waals surface area contributed by atoms with E-state index in [0.717, 1.165) is 0 Å². The SMILES string of the molecule is CN=C(NC)NCCNC(=O)c1cc(NC(=O)c2cc(NC(=O)c3cc([N+](=O)[O-])cn3C)cn2C)cn1C.Cl. The summed E-state index contributed by atoms with van der Waals surface area (Å²) in [7, 11) is 8.23. The molecule has 0 aliphatic carbocycles. The molecular formula is C23H31ClN10O5. The number of aryl methyl sites for hydroxylation is 3. The predicted octanol–water partition coefficient (Wildman–Crippen LogP) is 1.06. The van der Waals surface area contributed by atoms with Crippen LogP contribution in [0, 0.1) is 10.1 Å². The molecule has 0 aliphatic rings. The van der Waals surface area contributed by atoms with Crippen molar-refractivity contribution in [3.63, 3.8) is 0 Å². The molecule has 0 saturated heterocycles. The Kier molecular flexibility index (Phi) is 10.3. The Hall–Kier alpha value is -4.79. The van der Waals surface area contributed by atoms with E-state index in [9.17, 15) is 24.5 Å². The Balaban J connectivity index is 0.00000533. The number of nitrogens with zero attached hydrogens (tertiary/aromatic N) is 5. The van der Waals surface area contributed by atoms with E-state index in [2.05, 4.69) is 31.6 Å². The Bertz CT molecular complexity index is 1400. The average molecular weight is 563 g/mol. The highest BCUT2D eigenvalue weighted by molar-refractivity contribution is 6.07. The highest BCUT2D eigenvalue weighted by Gasteiger charge is 2.20. The molecule has 210 valence electrons. The molecule has 3 aromatic rings. The number of hydrogen-bond acceptors (Lipinski definition) is 6. The minimum absolute atomic E-state index is 0. The van der Waals surface area contributed by atoms with Gasteiger partial charge in [-0.3, -0.25) is 29.5 Å². The fourth-order valence-electron chi connectivity index (χ4n) is 3.71. The third kappa shape index (κ3) is 7.38. The van der Waals surface area contributed by atoms with E-state index in [-0.39, 0.29) is 35.4 Å².